The molecule has 7 nitrogen and oxygen atoms in total. The van der Waals surface area contributed by atoms with E-state index in [-0.39, 0.29) is 35.7 Å². The van der Waals surface area contributed by atoms with E-state index in [4.69, 9.17) is 16.7 Å². The number of aliphatic hydroxyl groups excluding tert-OH is 1. The summed E-state index contributed by atoms with van der Waals surface area (Å²) in [5.74, 6) is -0.924. The molecule has 0 bridgehead atoms. The molecule has 9 heteroatoms. The van der Waals surface area contributed by atoms with Crippen LogP contribution in [0.5, 0.6) is 5.75 Å². The number of anilines is 1. The highest BCUT2D eigenvalue weighted by Crippen LogP contribution is 2.28. The monoisotopic (exact) mass is 420 g/mol. The molecule has 0 spiro atoms. The van der Waals surface area contributed by atoms with E-state index in [0.29, 0.717) is 22.3 Å². The van der Waals surface area contributed by atoms with Gasteiger partial charge in [0.25, 0.3) is 0 Å². The number of rotatable bonds is 6. The van der Waals surface area contributed by atoms with Crippen molar-refractivity contribution in [2.75, 3.05) is 19.0 Å². The SMILES string of the molecule is CNc1cc(Cc2cccc(Cl)c2F)cc2c(=O)c(OC(=O)O)cn(CCO)c12. The summed E-state index contributed by atoms with van der Waals surface area (Å²) in [6, 6.07) is 7.99. The second-order valence-corrected chi connectivity index (χ2v) is 6.69. The van der Waals surface area contributed by atoms with Gasteiger partial charge in [0.05, 0.1) is 34.4 Å². The fourth-order valence-corrected chi connectivity index (χ4v) is 3.42. The van der Waals surface area contributed by atoms with E-state index in [2.05, 4.69) is 10.1 Å². The molecule has 0 aliphatic rings. The molecule has 3 aromatic rings. The molecule has 0 radical (unpaired) electrons. The van der Waals surface area contributed by atoms with Crippen molar-refractivity contribution in [3.05, 3.63) is 68.7 Å². The first kappa shape index (κ1) is 20.6. The summed E-state index contributed by atoms with van der Waals surface area (Å²) in [7, 11) is 1.66. The molecule has 0 fully saturated rings. The van der Waals surface area contributed by atoms with Crippen molar-refractivity contribution in [1.29, 1.82) is 0 Å². The number of ether oxygens (including phenoxy) is 1. The molecule has 3 rings (SSSR count). The van der Waals surface area contributed by atoms with E-state index < -0.39 is 17.4 Å². The zero-order chi connectivity index (χ0) is 21.1. The summed E-state index contributed by atoms with van der Waals surface area (Å²) in [5.41, 5.74) is 1.38. The van der Waals surface area contributed by atoms with Crippen molar-refractivity contribution in [3.8, 4) is 5.75 Å². The topological polar surface area (TPSA) is 101 Å². The number of aliphatic hydroxyl groups is 1. The number of fused-ring (bicyclic) bond motifs is 1. The van der Waals surface area contributed by atoms with E-state index in [9.17, 15) is 19.1 Å². The fraction of sp³-hybridized carbons (Fsp3) is 0.200. The smallest absolute Gasteiger partial charge is 0.449 e. The second-order valence-electron chi connectivity index (χ2n) is 6.29. The minimum absolute atomic E-state index is 0.000393. The van der Waals surface area contributed by atoms with E-state index in [1.54, 1.807) is 31.3 Å². The van der Waals surface area contributed by atoms with E-state index in [1.807, 2.05) is 0 Å². The number of aromatic nitrogens is 1. The number of nitrogens with zero attached hydrogens (tertiary/aromatic N) is 1. The minimum Gasteiger partial charge on any atom is -0.449 e. The van der Waals surface area contributed by atoms with Crippen LogP contribution < -0.4 is 15.5 Å². The molecular weight excluding hydrogens is 403 g/mol. The van der Waals surface area contributed by atoms with Crippen LogP contribution in [0.3, 0.4) is 0 Å². The van der Waals surface area contributed by atoms with Gasteiger partial charge in [-0.15, -0.1) is 0 Å². The van der Waals surface area contributed by atoms with Crippen molar-refractivity contribution in [3.63, 3.8) is 0 Å². The molecular formula is C20H18ClFN2O5. The Morgan fingerprint density at radius 1 is 1.34 bits per heavy atom. The van der Waals surface area contributed by atoms with Crippen molar-refractivity contribution < 1.29 is 24.1 Å². The van der Waals surface area contributed by atoms with Gasteiger partial charge in [-0.1, -0.05) is 23.7 Å². The van der Waals surface area contributed by atoms with E-state index in [0.717, 1.165) is 0 Å². The molecule has 1 aromatic heterocycles. The number of carbonyl (C=O) groups is 1. The number of carboxylic acid groups (broad SMARTS) is 1. The Bertz CT molecular complexity index is 1150. The highest BCUT2D eigenvalue weighted by Gasteiger charge is 2.17. The summed E-state index contributed by atoms with van der Waals surface area (Å²) >= 11 is 5.85. The van der Waals surface area contributed by atoms with Crippen molar-refractivity contribution in [2.45, 2.75) is 13.0 Å². The van der Waals surface area contributed by atoms with Gasteiger partial charge in [-0.25, -0.2) is 9.18 Å². The largest absolute Gasteiger partial charge is 0.511 e. The summed E-state index contributed by atoms with van der Waals surface area (Å²) in [6.45, 7) is -0.118. The second kappa shape index (κ2) is 8.50. The Hall–Kier alpha value is -3.10. The third-order valence-electron chi connectivity index (χ3n) is 4.43. The molecule has 0 saturated heterocycles. The third-order valence-corrected chi connectivity index (χ3v) is 4.72. The van der Waals surface area contributed by atoms with Crippen LogP contribution in [0.4, 0.5) is 14.9 Å². The van der Waals surface area contributed by atoms with Crippen molar-refractivity contribution in [2.24, 2.45) is 0 Å². The molecule has 29 heavy (non-hydrogen) atoms. The predicted octanol–water partition coefficient (Wildman–Crippen LogP) is 3.48. The van der Waals surface area contributed by atoms with Crippen LogP contribution in [0.25, 0.3) is 10.9 Å². The Balaban J connectivity index is 2.24. The third kappa shape index (κ3) is 4.18. The fourth-order valence-electron chi connectivity index (χ4n) is 3.22. The first-order chi connectivity index (χ1) is 13.8. The van der Waals surface area contributed by atoms with E-state index >= 15 is 0 Å². The Kier molecular flexibility index (Phi) is 6.05. The maximum atomic E-state index is 14.3. The van der Waals surface area contributed by atoms with Crippen LogP contribution in [0.1, 0.15) is 11.1 Å². The lowest BCUT2D eigenvalue weighted by Gasteiger charge is -2.17. The standard InChI is InChI=1S/C20H18ClFN2O5/c1-23-15-9-11(7-12-3-2-4-14(21)17(12)22)8-13-18(15)24(5-6-25)10-16(19(13)26)29-20(27)28/h2-4,8-10,23,25H,5-7H2,1H3,(H,27,28). The Labute approximate surface area is 169 Å². The lowest BCUT2D eigenvalue weighted by Crippen LogP contribution is -2.18. The summed E-state index contributed by atoms with van der Waals surface area (Å²) in [6.07, 6.45) is -0.213. The lowest BCUT2D eigenvalue weighted by atomic mass is 10.0. The highest BCUT2D eigenvalue weighted by molar-refractivity contribution is 6.30. The Morgan fingerprint density at radius 3 is 2.76 bits per heavy atom. The normalized spacial score (nSPS) is 10.9. The molecule has 0 saturated carbocycles. The van der Waals surface area contributed by atoms with Gasteiger partial charge < -0.3 is 24.8 Å². The first-order valence-electron chi connectivity index (χ1n) is 8.68. The Morgan fingerprint density at radius 2 is 2.10 bits per heavy atom. The quantitative estimate of drug-likeness (QED) is 0.528. The number of hydrogen-bond donors (Lipinski definition) is 3. The molecule has 1 heterocycles. The number of hydrogen-bond acceptors (Lipinski definition) is 5. The van der Waals surface area contributed by atoms with E-state index in [1.165, 1.54) is 16.8 Å². The summed E-state index contributed by atoms with van der Waals surface area (Å²) in [4.78, 5) is 23.8. The average molecular weight is 421 g/mol. The van der Waals surface area contributed by atoms with Gasteiger partial charge in [-0.3, -0.25) is 4.79 Å². The predicted molar refractivity (Wildman–Crippen MR) is 108 cm³/mol. The molecule has 0 amide bonds. The molecule has 0 aliphatic carbocycles. The van der Waals surface area contributed by atoms with Crippen LogP contribution in [-0.2, 0) is 13.0 Å². The molecule has 0 aliphatic heterocycles. The molecule has 0 unspecified atom stereocenters. The maximum Gasteiger partial charge on any atom is 0.511 e. The molecule has 0 atom stereocenters. The van der Waals surface area contributed by atoms with Crippen molar-refractivity contribution in [1.82, 2.24) is 4.57 Å². The number of nitrogens with one attached hydrogen (secondary N) is 1. The zero-order valence-corrected chi connectivity index (χ0v) is 16.2. The van der Waals surface area contributed by atoms with Crippen LogP contribution in [0, 0.1) is 5.82 Å². The van der Waals surface area contributed by atoms with Gasteiger partial charge in [-0.2, -0.15) is 0 Å². The summed E-state index contributed by atoms with van der Waals surface area (Å²) < 4.78 is 20.5. The minimum atomic E-state index is -1.62. The van der Waals surface area contributed by atoms with Gasteiger partial charge >= 0.3 is 6.16 Å². The van der Waals surface area contributed by atoms with Gasteiger partial charge in [-0.05, 0) is 29.3 Å². The van der Waals surface area contributed by atoms with Crippen molar-refractivity contribution >= 4 is 34.3 Å². The van der Waals surface area contributed by atoms with Crippen LogP contribution in [0.15, 0.2) is 41.3 Å². The lowest BCUT2D eigenvalue weighted by molar-refractivity contribution is 0.143. The molecule has 3 N–H and O–H groups in total. The zero-order valence-electron chi connectivity index (χ0n) is 15.4. The van der Waals surface area contributed by atoms with Crippen LogP contribution >= 0.6 is 11.6 Å². The van der Waals surface area contributed by atoms with Crippen LogP contribution in [0.2, 0.25) is 5.02 Å². The maximum absolute atomic E-state index is 14.3. The average Bonchev–Trinajstić information content (AvgIpc) is 2.68. The number of pyridine rings is 1. The summed E-state index contributed by atoms with van der Waals surface area (Å²) in [5, 5.41) is 21.4. The molecule has 2 aromatic carbocycles. The molecule has 152 valence electrons. The van der Waals surface area contributed by atoms with Gasteiger partial charge in [0.15, 0.2) is 5.75 Å². The van der Waals surface area contributed by atoms with Gasteiger partial charge in [0.2, 0.25) is 5.43 Å². The number of halogens is 2. The highest BCUT2D eigenvalue weighted by atomic mass is 35.5. The van der Waals surface area contributed by atoms with Crippen LogP contribution in [-0.4, -0.2) is 34.6 Å². The van der Waals surface area contributed by atoms with Gasteiger partial charge in [0, 0.05) is 20.0 Å². The number of benzene rings is 2. The van der Waals surface area contributed by atoms with Gasteiger partial charge in [0.1, 0.15) is 5.82 Å². The first-order valence-corrected chi connectivity index (χ1v) is 9.05.